The van der Waals surface area contributed by atoms with Gasteiger partial charge in [-0.1, -0.05) is 6.92 Å². The van der Waals surface area contributed by atoms with Crippen molar-refractivity contribution in [3.05, 3.63) is 17.8 Å². The van der Waals surface area contributed by atoms with Crippen LogP contribution in [0.1, 0.15) is 12.5 Å². The van der Waals surface area contributed by atoms with Gasteiger partial charge >= 0.3 is 0 Å². The number of ether oxygens (including phenoxy) is 1. The minimum Gasteiger partial charge on any atom is -0.487 e. The monoisotopic (exact) mass is 268 g/mol. The number of fused-ring (bicyclic) bond motifs is 3. The first-order valence-corrected chi connectivity index (χ1v) is 8.00. The molecule has 0 aromatic carbocycles. The molecule has 3 heterocycles. The van der Waals surface area contributed by atoms with Gasteiger partial charge in [0.15, 0.2) is 21.4 Å². The molecule has 1 unspecified atom stereocenters. The Morgan fingerprint density at radius 3 is 3.17 bits per heavy atom. The number of rotatable bonds is 1. The summed E-state index contributed by atoms with van der Waals surface area (Å²) in [7, 11) is -2.92. The standard InChI is InChI=1S/C12H16N2O3S/c1-2-9-3-4-13-12-11(9)17-7-10-8-18(15,16)6-5-14(10)12/h3-4,10H,2,5-8H2,1H3. The molecule has 0 saturated carbocycles. The van der Waals surface area contributed by atoms with Crippen LogP contribution < -0.4 is 9.64 Å². The molecule has 2 aliphatic rings. The normalized spacial score (nSPS) is 24.9. The first-order valence-electron chi connectivity index (χ1n) is 6.18. The Labute approximate surface area is 107 Å². The van der Waals surface area contributed by atoms with E-state index in [0.29, 0.717) is 13.2 Å². The Kier molecular flexibility index (Phi) is 2.69. The van der Waals surface area contributed by atoms with Crippen LogP contribution >= 0.6 is 0 Å². The highest BCUT2D eigenvalue weighted by Gasteiger charge is 2.37. The van der Waals surface area contributed by atoms with Gasteiger partial charge in [-0.25, -0.2) is 13.4 Å². The summed E-state index contributed by atoms with van der Waals surface area (Å²) in [5.74, 6) is 2.02. The molecule has 0 bridgehead atoms. The van der Waals surface area contributed by atoms with Crippen LogP contribution in [0.2, 0.25) is 0 Å². The molecule has 6 heteroatoms. The maximum atomic E-state index is 11.6. The van der Waals surface area contributed by atoms with E-state index < -0.39 is 9.84 Å². The molecular formula is C12H16N2O3S. The third-order valence-electron chi connectivity index (χ3n) is 3.57. The van der Waals surface area contributed by atoms with E-state index in [1.807, 2.05) is 6.07 Å². The highest BCUT2D eigenvalue weighted by molar-refractivity contribution is 7.91. The third-order valence-corrected chi connectivity index (χ3v) is 5.27. The fourth-order valence-electron chi connectivity index (χ4n) is 2.60. The van der Waals surface area contributed by atoms with Gasteiger partial charge in [-0.05, 0) is 18.1 Å². The lowest BCUT2D eigenvalue weighted by Gasteiger charge is -2.40. The van der Waals surface area contributed by atoms with Crippen LogP contribution in [-0.2, 0) is 16.3 Å². The lowest BCUT2D eigenvalue weighted by molar-refractivity contribution is 0.264. The molecule has 1 atom stereocenters. The Morgan fingerprint density at radius 1 is 1.56 bits per heavy atom. The summed E-state index contributed by atoms with van der Waals surface area (Å²) in [4.78, 5) is 6.45. The molecule has 0 spiro atoms. The Bertz CT molecular complexity index is 571. The molecule has 0 amide bonds. The van der Waals surface area contributed by atoms with Gasteiger partial charge in [0.2, 0.25) is 0 Å². The van der Waals surface area contributed by atoms with Gasteiger partial charge in [0.1, 0.15) is 6.61 Å². The Balaban J connectivity index is 2.00. The van der Waals surface area contributed by atoms with Crippen LogP contribution in [0.5, 0.6) is 5.75 Å². The van der Waals surface area contributed by atoms with Crippen LogP contribution in [-0.4, -0.2) is 44.1 Å². The van der Waals surface area contributed by atoms with Gasteiger partial charge in [0.25, 0.3) is 0 Å². The van der Waals surface area contributed by atoms with Crippen LogP contribution in [0.25, 0.3) is 0 Å². The van der Waals surface area contributed by atoms with E-state index in [4.69, 9.17) is 4.74 Å². The van der Waals surface area contributed by atoms with Gasteiger partial charge < -0.3 is 9.64 Å². The minimum atomic E-state index is -2.92. The second-order valence-corrected chi connectivity index (χ2v) is 6.98. The topological polar surface area (TPSA) is 59.5 Å². The van der Waals surface area contributed by atoms with Crippen molar-refractivity contribution >= 4 is 15.7 Å². The van der Waals surface area contributed by atoms with Crippen LogP contribution in [0.15, 0.2) is 12.3 Å². The fraction of sp³-hybridized carbons (Fsp3) is 0.583. The smallest absolute Gasteiger partial charge is 0.172 e. The van der Waals surface area contributed by atoms with Crippen molar-refractivity contribution in [2.24, 2.45) is 0 Å². The van der Waals surface area contributed by atoms with Crippen molar-refractivity contribution in [2.45, 2.75) is 19.4 Å². The SMILES string of the molecule is CCc1ccnc2c1OCC1CS(=O)(=O)CCN21. The van der Waals surface area contributed by atoms with E-state index >= 15 is 0 Å². The van der Waals surface area contributed by atoms with E-state index in [1.165, 1.54) is 0 Å². The first-order chi connectivity index (χ1) is 8.61. The molecule has 98 valence electrons. The van der Waals surface area contributed by atoms with Gasteiger partial charge in [-0.15, -0.1) is 0 Å². The maximum absolute atomic E-state index is 11.6. The fourth-order valence-corrected chi connectivity index (χ4v) is 4.10. The maximum Gasteiger partial charge on any atom is 0.172 e. The summed E-state index contributed by atoms with van der Waals surface area (Å²) >= 11 is 0. The van der Waals surface area contributed by atoms with Crippen molar-refractivity contribution in [3.63, 3.8) is 0 Å². The third kappa shape index (κ3) is 1.84. The zero-order chi connectivity index (χ0) is 12.8. The largest absolute Gasteiger partial charge is 0.487 e. The van der Waals surface area contributed by atoms with Crippen molar-refractivity contribution in [1.82, 2.24) is 4.98 Å². The molecule has 2 aliphatic heterocycles. The Morgan fingerprint density at radius 2 is 2.39 bits per heavy atom. The minimum absolute atomic E-state index is 0.0872. The highest BCUT2D eigenvalue weighted by Crippen LogP contribution is 2.36. The molecule has 3 rings (SSSR count). The predicted octanol–water partition coefficient (Wildman–Crippen LogP) is 0.640. The van der Waals surface area contributed by atoms with Gasteiger partial charge in [0, 0.05) is 12.7 Å². The van der Waals surface area contributed by atoms with Gasteiger partial charge in [0.05, 0.1) is 17.5 Å². The second-order valence-electron chi connectivity index (χ2n) is 4.75. The van der Waals surface area contributed by atoms with Crippen LogP contribution in [0.4, 0.5) is 5.82 Å². The summed E-state index contributed by atoms with van der Waals surface area (Å²) in [5, 5.41) is 0. The molecular weight excluding hydrogens is 252 g/mol. The average molecular weight is 268 g/mol. The zero-order valence-electron chi connectivity index (χ0n) is 10.3. The molecule has 0 N–H and O–H groups in total. The molecule has 5 nitrogen and oxygen atoms in total. The summed E-state index contributed by atoms with van der Waals surface area (Å²) in [6.07, 6.45) is 2.66. The van der Waals surface area contributed by atoms with E-state index in [1.54, 1.807) is 6.20 Å². The number of aryl methyl sites for hydroxylation is 1. The van der Waals surface area contributed by atoms with Crippen molar-refractivity contribution in [2.75, 3.05) is 29.6 Å². The number of anilines is 1. The van der Waals surface area contributed by atoms with E-state index in [9.17, 15) is 8.42 Å². The van der Waals surface area contributed by atoms with Crippen molar-refractivity contribution < 1.29 is 13.2 Å². The summed E-state index contributed by atoms with van der Waals surface area (Å²) in [6.45, 7) is 3.03. The van der Waals surface area contributed by atoms with E-state index in [0.717, 1.165) is 23.6 Å². The number of hydrogen-bond acceptors (Lipinski definition) is 5. The van der Waals surface area contributed by atoms with Crippen molar-refractivity contribution in [3.8, 4) is 5.75 Å². The first kappa shape index (κ1) is 11.8. The quantitative estimate of drug-likeness (QED) is 0.748. The van der Waals surface area contributed by atoms with Crippen LogP contribution in [0, 0.1) is 0 Å². The molecule has 1 aromatic rings. The molecule has 18 heavy (non-hydrogen) atoms. The zero-order valence-corrected chi connectivity index (χ0v) is 11.1. The summed E-state index contributed by atoms with van der Waals surface area (Å²) < 4.78 is 29.0. The predicted molar refractivity (Wildman–Crippen MR) is 68.9 cm³/mol. The molecule has 0 aliphatic carbocycles. The highest BCUT2D eigenvalue weighted by atomic mass is 32.2. The second kappa shape index (κ2) is 4.12. The Hall–Kier alpha value is -1.30. The lowest BCUT2D eigenvalue weighted by atomic mass is 10.1. The molecule has 0 radical (unpaired) electrons. The number of sulfone groups is 1. The summed E-state index contributed by atoms with van der Waals surface area (Å²) in [6, 6.07) is 1.87. The number of pyridine rings is 1. The number of hydrogen-bond donors (Lipinski definition) is 0. The van der Waals surface area contributed by atoms with Crippen molar-refractivity contribution in [1.29, 1.82) is 0 Å². The van der Waals surface area contributed by atoms with E-state index in [2.05, 4.69) is 16.8 Å². The molecule has 1 aromatic heterocycles. The molecule has 1 fully saturated rings. The number of aromatic nitrogens is 1. The number of nitrogens with zero attached hydrogens (tertiary/aromatic N) is 2. The average Bonchev–Trinajstić information content (AvgIpc) is 2.36. The van der Waals surface area contributed by atoms with E-state index in [-0.39, 0.29) is 17.5 Å². The lowest BCUT2D eigenvalue weighted by Crippen LogP contribution is -2.53. The summed E-state index contributed by atoms with van der Waals surface area (Å²) in [5.41, 5.74) is 1.13. The van der Waals surface area contributed by atoms with Gasteiger partial charge in [-0.3, -0.25) is 0 Å². The van der Waals surface area contributed by atoms with Crippen LogP contribution in [0.3, 0.4) is 0 Å². The van der Waals surface area contributed by atoms with Gasteiger partial charge in [-0.2, -0.15) is 0 Å². The molecule has 1 saturated heterocycles.